The molecule has 1 aromatic carbocycles. The number of fused-ring (bicyclic) bond motifs is 2. The minimum Gasteiger partial charge on any atom is -0.328 e. The molecule has 0 saturated heterocycles. The van der Waals surface area contributed by atoms with Crippen LogP contribution in [-0.2, 0) is 10.2 Å². The molecule has 2 saturated carbocycles. The summed E-state index contributed by atoms with van der Waals surface area (Å²) in [4.78, 5) is 34.3. The van der Waals surface area contributed by atoms with E-state index in [1.807, 2.05) is 13.8 Å². The fourth-order valence-corrected chi connectivity index (χ4v) is 4.29. The van der Waals surface area contributed by atoms with Crippen LogP contribution in [0.3, 0.4) is 0 Å². The third-order valence-electron chi connectivity index (χ3n) is 6.11. The number of aryl methyl sites for hydroxylation is 1. The highest BCUT2D eigenvalue weighted by atomic mass is 19.3. The molecule has 1 aromatic heterocycles. The lowest BCUT2D eigenvalue weighted by Crippen LogP contribution is -2.49. The van der Waals surface area contributed by atoms with Crippen molar-refractivity contribution in [3.05, 3.63) is 52.6 Å². The predicted octanol–water partition coefficient (Wildman–Crippen LogP) is 4.45. The van der Waals surface area contributed by atoms with Gasteiger partial charge in [0.2, 0.25) is 11.9 Å². The number of hydrogen-bond acceptors (Lipinski definition) is 4. The van der Waals surface area contributed by atoms with Gasteiger partial charge in [0.15, 0.2) is 0 Å². The predicted molar refractivity (Wildman–Crippen MR) is 114 cm³/mol. The van der Waals surface area contributed by atoms with Gasteiger partial charge in [0, 0.05) is 37.9 Å². The van der Waals surface area contributed by atoms with E-state index in [9.17, 15) is 18.4 Å². The summed E-state index contributed by atoms with van der Waals surface area (Å²) in [5, 5.41) is 2.46. The maximum atomic E-state index is 15.2. The molecule has 2 fully saturated rings. The van der Waals surface area contributed by atoms with Crippen molar-refractivity contribution in [3.8, 4) is 0 Å². The second-order valence-electron chi connectivity index (χ2n) is 8.42. The van der Waals surface area contributed by atoms with Gasteiger partial charge >= 0.3 is 0 Å². The van der Waals surface area contributed by atoms with Crippen LogP contribution in [0.25, 0.3) is 0 Å². The van der Waals surface area contributed by atoms with E-state index >= 15 is 4.39 Å². The van der Waals surface area contributed by atoms with Crippen molar-refractivity contribution < 1.29 is 24.2 Å². The van der Waals surface area contributed by atoms with Gasteiger partial charge in [-0.05, 0) is 42.9 Å². The summed E-state index contributed by atoms with van der Waals surface area (Å²) < 4.78 is 44.2. The number of aromatic nitrogens is 2. The number of carbonyl (C=O) groups is 2. The zero-order valence-electron chi connectivity index (χ0n) is 18.2. The van der Waals surface area contributed by atoms with E-state index in [4.69, 9.17) is 0 Å². The van der Waals surface area contributed by atoms with E-state index in [1.165, 1.54) is 24.5 Å². The summed E-state index contributed by atoms with van der Waals surface area (Å²) in [6.07, 6.45) is 4.14. The zero-order valence-corrected chi connectivity index (χ0v) is 18.2. The van der Waals surface area contributed by atoms with Crippen LogP contribution in [0.4, 0.5) is 19.1 Å². The molecular formula is C23H27F3N4O2. The molecule has 0 bridgehead atoms. The number of anilines is 1. The molecule has 1 atom stereocenters. The fourth-order valence-electron chi connectivity index (χ4n) is 4.29. The highest BCUT2D eigenvalue weighted by molar-refractivity contribution is 6.01. The van der Waals surface area contributed by atoms with Crippen molar-refractivity contribution in [1.82, 2.24) is 14.9 Å². The maximum Gasteiger partial charge on any atom is 0.260 e. The maximum absolute atomic E-state index is 15.2. The third-order valence-corrected chi connectivity index (χ3v) is 6.11. The highest BCUT2D eigenvalue weighted by Gasteiger charge is 2.75. The minimum absolute atomic E-state index is 0. The Morgan fingerprint density at radius 1 is 1.25 bits per heavy atom. The largest absolute Gasteiger partial charge is 0.328 e. The lowest BCUT2D eigenvalue weighted by Gasteiger charge is -2.35. The summed E-state index contributed by atoms with van der Waals surface area (Å²) in [6, 6.07) is 2.94. The molecule has 5 rings (SSSR count). The molecule has 172 valence electrons. The SMILES string of the molecule is CC.Cc1cnc(NC(=O)CN2CC3(CC3(F)F)c3c(ccc(C4CC4)c3F)C2=O)nc1.[HH]. The highest BCUT2D eigenvalue weighted by Crippen LogP contribution is 2.65. The zero-order chi connectivity index (χ0) is 23.3. The van der Waals surface area contributed by atoms with Crippen molar-refractivity contribution in [2.75, 3.05) is 18.4 Å². The third kappa shape index (κ3) is 3.63. The number of benzene rings is 1. The second kappa shape index (κ2) is 7.86. The van der Waals surface area contributed by atoms with Gasteiger partial charge in [0.1, 0.15) is 12.4 Å². The molecule has 0 radical (unpaired) electrons. The van der Waals surface area contributed by atoms with Crippen molar-refractivity contribution in [2.45, 2.75) is 57.3 Å². The van der Waals surface area contributed by atoms with Gasteiger partial charge in [-0.15, -0.1) is 0 Å². The molecule has 6 nitrogen and oxygen atoms in total. The number of hydrogen-bond donors (Lipinski definition) is 1. The van der Waals surface area contributed by atoms with Gasteiger partial charge in [-0.3, -0.25) is 14.9 Å². The van der Waals surface area contributed by atoms with Crippen LogP contribution < -0.4 is 5.32 Å². The first-order chi connectivity index (χ1) is 15.2. The Morgan fingerprint density at radius 2 is 1.88 bits per heavy atom. The molecular weight excluding hydrogens is 421 g/mol. The van der Waals surface area contributed by atoms with Gasteiger partial charge in [-0.25, -0.2) is 23.1 Å². The van der Waals surface area contributed by atoms with Gasteiger partial charge in [0.05, 0.1) is 5.41 Å². The first-order valence-corrected chi connectivity index (χ1v) is 10.8. The van der Waals surface area contributed by atoms with Gasteiger partial charge in [-0.1, -0.05) is 19.9 Å². The molecule has 3 aliphatic rings. The molecule has 2 aromatic rings. The standard InChI is InChI=1S/C21H19F3N4O2.C2H6.H2/c1-11-6-25-19(26-7-11)27-15(29)8-28-10-20(9-21(20,23)24)16-14(18(28)30)5-4-13(17(16)22)12-2-3-12;1-2;/h4-7,12H,2-3,8-10H2,1H3,(H,25,26,27,29);1-2H3;1H. The van der Waals surface area contributed by atoms with E-state index in [0.717, 1.165) is 23.3 Å². The summed E-state index contributed by atoms with van der Waals surface area (Å²) in [6.45, 7) is 4.94. The Bertz CT molecular complexity index is 1080. The summed E-state index contributed by atoms with van der Waals surface area (Å²) in [5.74, 6) is -4.95. The summed E-state index contributed by atoms with van der Waals surface area (Å²) in [5.41, 5.74) is -0.820. The first kappa shape index (κ1) is 22.2. The van der Waals surface area contributed by atoms with Crippen LogP contribution in [0.5, 0.6) is 0 Å². The number of nitrogens with zero attached hydrogens (tertiary/aromatic N) is 3. The number of amides is 2. The van der Waals surface area contributed by atoms with Crippen molar-refractivity contribution in [1.29, 1.82) is 0 Å². The van der Waals surface area contributed by atoms with Crippen LogP contribution in [0.2, 0.25) is 0 Å². The second-order valence-corrected chi connectivity index (χ2v) is 8.42. The molecule has 2 amide bonds. The molecule has 2 aliphatic carbocycles. The average molecular weight is 448 g/mol. The number of alkyl halides is 2. The number of halogens is 3. The summed E-state index contributed by atoms with van der Waals surface area (Å²) in [7, 11) is 0. The first-order valence-electron chi connectivity index (χ1n) is 10.8. The minimum atomic E-state index is -3.12. The molecule has 2 heterocycles. The molecule has 32 heavy (non-hydrogen) atoms. The number of carbonyl (C=O) groups excluding carboxylic acids is 2. The van der Waals surface area contributed by atoms with E-state index in [2.05, 4.69) is 15.3 Å². The van der Waals surface area contributed by atoms with Crippen LogP contribution in [0, 0.1) is 12.7 Å². The molecule has 1 unspecified atom stereocenters. The van der Waals surface area contributed by atoms with E-state index in [-0.39, 0.29) is 24.4 Å². The van der Waals surface area contributed by atoms with Crippen molar-refractivity contribution in [2.24, 2.45) is 0 Å². The van der Waals surface area contributed by atoms with Crippen molar-refractivity contribution in [3.63, 3.8) is 0 Å². The van der Waals surface area contributed by atoms with Crippen LogP contribution in [0.15, 0.2) is 24.5 Å². The Labute approximate surface area is 185 Å². The monoisotopic (exact) mass is 448 g/mol. The lowest BCUT2D eigenvalue weighted by molar-refractivity contribution is -0.117. The van der Waals surface area contributed by atoms with E-state index < -0.39 is 48.5 Å². The molecule has 1 N–H and O–H groups in total. The average Bonchev–Trinajstić information content (AvgIpc) is 3.67. The molecule has 1 spiro atoms. The van der Waals surface area contributed by atoms with Gasteiger partial charge < -0.3 is 4.90 Å². The Kier molecular flexibility index (Phi) is 5.46. The fraction of sp³-hybridized carbons (Fsp3) is 0.478. The van der Waals surface area contributed by atoms with E-state index in [1.54, 1.807) is 6.92 Å². The van der Waals surface area contributed by atoms with Crippen LogP contribution in [0.1, 0.15) is 67.5 Å². The van der Waals surface area contributed by atoms with Gasteiger partial charge in [-0.2, -0.15) is 0 Å². The number of rotatable bonds is 4. The van der Waals surface area contributed by atoms with Crippen LogP contribution >= 0.6 is 0 Å². The Balaban J connectivity index is 0.000000994. The lowest BCUT2D eigenvalue weighted by atomic mass is 9.83. The van der Waals surface area contributed by atoms with Gasteiger partial charge in [0.25, 0.3) is 11.8 Å². The van der Waals surface area contributed by atoms with E-state index in [0.29, 0.717) is 5.56 Å². The Hall–Kier alpha value is -2.97. The summed E-state index contributed by atoms with van der Waals surface area (Å²) >= 11 is 0. The quantitative estimate of drug-likeness (QED) is 0.750. The smallest absolute Gasteiger partial charge is 0.260 e. The molecule has 9 heteroatoms. The topological polar surface area (TPSA) is 75.2 Å². The normalized spacial score (nSPS) is 22.7. The number of nitrogens with one attached hydrogen (secondary N) is 1. The molecule has 1 aliphatic heterocycles. The Morgan fingerprint density at radius 3 is 2.44 bits per heavy atom. The van der Waals surface area contributed by atoms with Crippen LogP contribution in [-0.4, -0.2) is 45.7 Å². The van der Waals surface area contributed by atoms with Crippen molar-refractivity contribution >= 4 is 17.8 Å².